The molecule has 0 aliphatic carbocycles. The van der Waals surface area contributed by atoms with Crippen LogP contribution in [-0.2, 0) is 9.59 Å². The van der Waals surface area contributed by atoms with Crippen LogP contribution < -0.4 is 10.6 Å². The summed E-state index contributed by atoms with van der Waals surface area (Å²) < 4.78 is 13.2. The van der Waals surface area contributed by atoms with Crippen molar-refractivity contribution in [3.05, 3.63) is 64.4 Å². The van der Waals surface area contributed by atoms with Crippen molar-refractivity contribution in [2.45, 2.75) is 0 Å². The van der Waals surface area contributed by atoms with E-state index in [0.29, 0.717) is 5.56 Å². The number of halogens is 2. The Kier molecular flexibility index (Phi) is 4.14. The minimum atomic E-state index is -0.842. The summed E-state index contributed by atoms with van der Waals surface area (Å²) in [5, 5.41) is 4.03. The average molecular weight is 345 g/mol. The second-order valence-corrected chi connectivity index (χ2v) is 5.45. The Balaban J connectivity index is 1.88. The first-order chi connectivity index (χ1) is 11.4. The third-order valence-electron chi connectivity index (χ3n) is 3.42. The van der Waals surface area contributed by atoms with Gasteiger partial charge in [-0.15, -0.1) is 0 Å². The number of nitrogens with one attached hydrogen (secondary N) is 2. The van der Waals surface area contributed by atoms with Crippen LogP contribution in [0.2, 0.25) is 5.02 Å². The molecule has 1 aliphatic rings. The number of barbiturate groups is 1. The highest BCUT2D eigenvalue weighted by Crippen LogP contribution is 2.25. The van der Waals surface area contributed by atoms with E-state index in [1.807, 2.05) is 10.6 Å². The molecule has 7 heteroatoms. The normalized spacial score (nSPS) is 14.2. The molecule has 1 fully saturated rings. The van der Waals surface area contributed by atoms with Gasteiger partial charge in [0, 0.05) is 0 Å². The second-order valence-electron chi connectivity index (χ2n) is 5.05. The molecular formula is C17H10ClFN2O3. The van der Waals surface area contributed by atoms with Gasteiger partial charge in [0.1, 0.15) is 11.4 Å². The topological polar surface area (TPSA) is 75.3 Å². The third kappa shape index (κ3) is 3.18. The van der Waals surface area contributed by atoms with Crippen LogP contribution in [0.5, 0.6) is 0 Å². The average Bonchev–Trinajstić information content (AvgIpc) is 2.54. The predicted octanol–water partition coefficient (Wildman–Crippen LogP) is 2.90. The van der Waals surface area contributed by atoms with Crippen molar-refractivity contribution in [2.75, 3.05) is 0 Å². The van der Waals surface area contributed by atoms with Crippen molar-refractivity contribution in [2.24, 2.45) is 0 Å². The van der Waals surface area contributed by atoms with Gasteiger partial charge in [0.15, 0.2) is 0 Å². The SMILES string of the molecule is O=C1NC(=O)C(=Cc2ccc(-c3ccc(F)c(Cl)c3)cc2)C(=O)N1. The molecule has 24 heavy (non-hydrogen) atoms. The molecule has 1 heterocycles. The fourth-order valence-corrected chi connectivity index (χ4v) is 2.40. The lowest BCUT2D eigenvalue weighted by molar-refractivity contribution is -0.123. The number of rotatable bonds is 2. The summed E-state index contributed by atoms with van der Waals surface area (Å²) in [4.78, 5) is 34.3. The summed E-state index contributed by atoms with van der Waals surface area (Å²) in [6.07, 6.45) is 1.37. The van der Waals surface area contributed by atoms with Crippen molar-refractivity contribution < 1.29 is 18.8 Å². The van der Waals surface area contributed by atoms with Gasteiger partial charge in [0.25, 0.3) is 11.8 Å². The minimum absolute atomic E-state index is 0.0268. The molecule has 0 radical (unpaired) electrons. The van der Waals surface area contributed by atoms with Crippen molar-refractivity contribution in [1.82, 2.24) is 10.6 Å². The molecule has 0 bridgehead atoms. The maximum atomic E-state index is 13.2. The van der Waals surface area contributed by atoms with Crippen LogP contribution in [0.4, 0.5) is 9.18 Å². The van der Waals surface area contributed by atoms with Gasteiger partial charge in [0.2, 0.25) is 0 Å². The lowest BCUT2D eigenvalue weighted by atomic mass is 10.0. The largest absolute Gasteiger partial charge is 0.328 e. The number of hydrogen-bond donors (Lipinski definition) is 2. The van der Waals surface area contributed by atoms with Gasteiger partial charge in [0.05, 0.1) is 5.02 Å². The number of carbonyl (C=O) groups excluding carboxylic acids is 3. The van der Waals surface area contributed by atoms with Gasteiger partial charge in [-0.05, 0) is 34.9 Å². The highest BCUT2D eigenvalue weighted by Gasteiger charge is 2.27. The van der Waals surface area contributed by atoms with Gasteiger partial charge >= 0.3 is 6.03 Å². The maximum absolute atomic E-state index is 13.2. The second kappa shape index (κ2) is 6.25. The zero-order chi connectivity index (χ0) is 17.3. The minimum Gasteiger partial charge on any atom is -0.273 e. The molecule has 0 spiro atoms. The number of hydrogen-bond acceptors (Lipinski definition) is 3. The van der Waals surface area contributed by atoms with Crippen molar-refractivity contribution >= 4 is 35.5 Å². The van der Waals surface area contributed by atoms with E-state index in [2.05, 4.69) is 0 Å². The Bertz CT molecular complexity index is 869. The number of benzene rings is 2. The van der Waals surface area contributed by atoms with Gasteiger partial charge in [-0.2, -0.15) is 0 Å². The molecule has 3 rings (SSSR count). The lowest BCUT2D eigenvalue weighted by Crippen LogP contribution is -2.51. The summed E-state index contributed by atoms with van der Waals surface area (Å²) in [5.41, 5.74) is 1.97. The molecule has 0 atom stereocenters. The Morgan fingerprint density at radius 2 is 1.46 bits per heavy atom. The van der Waals surface area contributed by atoms with E-state index < -0.39 is 23.7 Å². The first kappa shape index (κ1) is 15.9. The Hall–Kier alpha value is -2.99. The van der Waals surface area contributed by atoms with Crippen LogP contribution in [0.3, 0.4) is 0 Å². The molecule has 2 aromatic rings. The van der Waals surface area contributed by atoms with E-state index >= 15 is 0 Å². The zero-order valence-corrected chi connectivity index (χ0v) is 12.9. The molecular weight excluding hydrogens is 335 g/mol. The van der Waals surface area contributed by atoms with Crippen molar-refractivity contribution in [3.8, 4) is 11.1 Å². The number of urea groups is 1. The van der Waals surface area contributed by atoms with E-state index in [1.165, 1.54) is 18.2 Å². The van der Waals surface area contributed by atoms with E-state index in [4.69, 9.17) is 11.6 Å². The molecule has 1 aliphatic heterocycles. The monoisotopic (exact) mass is 344 g/mol. The first-order valence-corrected chi connectivity index (χ1v) is 7.26. The molecule has 4 amide bonds. The van der Waals surface area contributed by atoms with Crippen molar-refractivity contribution in [1.29, 1.82) is 0 Å². The van der Waals surface area contributed by atoms with Crippen LogP contribution in [0.15, 0.2) is 48.0 Å². The van der Waals surface area contributed by atoms with Gasteiger partial charge in [-0.1, -0.05) is 41.9 Å². The van der Waals surface area contributed by atoms with Crippen LogP contribution in [0, 0.1) is 5.82 Å². The quantitative estimate of drug-likeness (QED) is 0.649. The smallest absolute Gasteiger partial charge is 0.273 e. The fraction of sp³-hybridized carbons (Fsp3) is 0. The molecule has 0 unspecified atom stereocenters. The molecule has 2 aromatic carbocycles. The van der Waals surface area contributed by atoms with Crippen LogP contribution in [-0.4, -0.2) is 17.8 Å². The lowest BCUT2D eigenvalue weighted by Gasteiger charge is -2.13. The molecule has 0 saturated carbocycles. The molecule has 120 valence electrons. The standard InChI is InChI=1S/C17H10ClFN2O3/c18-13-8-11(5-6-14(13)19)10-3-1-9(2-4-10)7-12-15(22)20-17(24)21-16(12)23/h1-8H,(H2,20,21,22,23,24). The fourth-order valence-electron chi connectivity index (χ4n) is 2.22. The van der Waals surface area contributed by atoms with Crippen LogP contribution in [0.25, 0.3) is 17.2 Å². The highest BCUT2D eigenvalue weighted by atomic mass is 35.5. The Morgan fingerprint density at radius 1 is 0.875 bits per heavy atom. The Labute approximate surface area is 141 Å². The summed E-state index contributed by atoms with van der Waals surface area (Å²) in [7, 11) is 0. The molecule has 2 N–H and O–H groups in total. The first-order valence-electron chi connectivity index (χ1n) is 6.88. The Morgan fingerprint density at radius 3 is 2.04 bits per heavy atom. The molecule has 5 nitrogen and oxygen atoms in total. The van der Waals surface area contributed by atoms with E-state index in [-0.39, 0.29) is 10.6 Å². The summed E-state index contributed by atoms with van der Waals surface area (Å²) in [5.74, 6) is -2.00. The number of imide groups is 2. The summed E-state index contributed by atoms with van der Waals surface area (Å²) in [6.45, 7) is 0. The van der Waals surface area contributed by atoms with Gasteiger partial charge in [-0.25, -0.2) is 9.18 Å². The maximum Gasteiger partial charge on any atom is 0.328 e. The van der Waals surface area contributed by atoms with Crippen LogP contribution in [0.1, 0.15) is 5.56 Å². The molecule has 0 aromatic heterocycles. The third-order valence-corrected chi connectivity index (χ3v) is 3.71. The number of amides is 4. The van der Waals surface area contributed by atoms with E-state index in [1.54, 1.807) is 30.3 Å². The zero-order valence-electron chi connectivity index (χ0n) is 12.1. The summed E-state index contributed by atoms with van der Waals surface area (Å²) >= 11 is 5.77. The predicted molar refractivity (Wildman–Crippen MR) is 86.5 cm³/mol. The number of carbonyl (C=O) groups is 3. The highest BCUT2D eigenvalue weighted by molar-refractivity contribution is 6.31. The summed E-state index contributed by atoms with van der Waals surface area (Å²) in [6, 6.07) is 10.4. The van der Waals surface area contributed by atoms with Gasteiger partial charge in [-0.3, -0.25) is 20.2 Å². The van der Waals surface area contributed by atoms with E-state index in [9.17, 15) is 18.8 Å². The molecule has 1 saturated heterocycles. The van der Waals surface area contributed by atoms with E-state index in [0.717, 1.165) is 11.1 Å². The van der Waals surface area contributed by atoms with Crippen molar-refractivity contribution in [3.63, 3.8) is 0 Å². The van der Waals surface area contributed by atoms with Crippen LogP contribution >= 0.6 is 11.6 Å². The van der Waals surface area contributed by atoms with Gasteiger partial charge < -0.3 is 0 Å².